The van der Waals surface area contributed by atoms with Crippen LogP contribution >= 0.6 is 11.3 Å². The van der Waals surface area contributed by atoms with Gasteiger partial charge >= 0.3 is 5.69 Å². The number of rotatable bonds is 3. The largest absolute Gasteiger partial charge is 0.490 e. The third-order valence-corrected chi connectivity index (χ3v) is 4.74. The van der Waals surface area contributed by atoms with Crippen LogP contribution in [0.2, 0.25) is 0 Å². The summed E-state index contributed by atoms with van der Waals surface area (Å²) in [4.78, 5) is 26.1. The van der Waals surface area contributed by atoms with Gasteiger partial charge in [0.05, 0.1) is 12.0 Å². The summed E-state index contributed by atoms with van der Waals surface area (Å²) in [6, 6.07) is 6.34. The third-order valence-electron chi connectivity index (χ3n) is 3.72. The van der Waals surface area contributed by atoms with Crippen LogP contribution in [-0.4, -0.2) is 29.4 Å². The number of benzene rings is 1. The van der Waals surface area contributed by atoms with Gasteiger partial charge in [-0.25, -0.2) is 0 Å². The number of ether oxygens (including phenoxy) is 1. The molecule has 0 radical (unpaired) electrons. The number of carbonyl (C=O) groups is 1. The lowest BCUT2D eigenvalue weighted by Gasteiger charge is -2.27. The molecule has 3 rings (SSSR count). The number of methoxy groups -OCH3 is 1. The Kier molecular flexibility index (Phi) is 3.81. The SMILES string of the molecule is COc1ccc(C(=O)N2CCc3sccc3C2)cc1[N+](=O)[O-]. The summed E-state index contributed by atoms with van der Waals surface area (Å²) in [6.07, 6.45) is 0.830. The maximum atomic E-state index is 12.6. The zero-order valence-electron chi connectivity index (χ0n) is 11.9. The molecule has 1 aliphatic heterocycles. The van der Waals surface area contributed by atoms with E-state index in [1.54, 1.807) is 22.3 Å². The average Bonchev–Trinajstić information content (AvgIpc) is 3.01. The van der Waals surface area contributed by atoms with E-state index in [1.165, 1.54) is 24.1 Å². The first-order valence-corrected chi connectivity index (χ1v) is 7.65. The molecule has 0 saturated carbocycles. The van der Waals surface area contributed by atoms with E-state index in [2.05, 4.69) is 0 Å². The normalized spacial score (nSPS) is 13.6. The van der Waals surface area contributed by atoms with Crippen LogP contribution in [0.15, 0.2) is 29.6 Å². The molecule has 0 spiro atoms. The monoisotopic (exact) mass is 318 g/mol. The molecule has 114 valence electrons. The molecule has 0 bridgehead atoms. The molecule has 0 N–H and O–H groups in total. The number of nitrogens with zero attached hydrogens (tertiary/aromatic N) is 2. The van der Waals surface area contributed by atoms with Crippen LogP contribution in [0.3, 0.4) is 0 Å². The van der Waals surface area contributed by atoms with Gasteiger partial charge in [-0.1, -0.05) is 0 Å². The molecule has 1 aliphatic rings. The van der Waals surface area contributed by atoms with Crippen molar-refractivity contribution in [2.75, 3.05) is 13.7 Å². The molecule has 22 heavy (non-hydrogen) atoms. The van der Waals surface area contributed by atoms with Gasteiger partial charge in [-0.2, -0.15) is 0 Å². The van der Waals surface area contributed by atoms with Crippen molar-refractivity contribution in [1.82, 2.24) is 4.90 Å². The molecular weight excluding hydrogens is 304 g/mol. The number of fused-ring (bicyclic) bond motifs is 1. The Morgan fingerprint density at radius 3 is 2.95 bits per heavy atom. The summed E-state index contributed by atoms with van der Waals surface area (Å²) in [5.74, 6) is -0.0390. The number of carbonyl (C=O) groups excluding carboxylic acids is 1. The van der Waals surface area contributed by atoms with Crippen molar-refractivity contribution in [3.05, 3.63) is 55.8 Å². The van der Waals surface area contributed by atoms with Crippen molar-refractivity contribution in [3.8, 4) is 5.75 Å². The van der Waals surface area contributed by atoms with Gasteiger partial charge < -0.3 is 9.64 Å². The maximum Gasteiger partial charge on any atom is 0.311 e. The quantitative estimate of drug-likeness (QED) is 0.644. The number of thiophene rings is 1. The van der Waals surface area contributed by atoms with Crippen molar-refractivity contribution in [2.24, 2.45) is 0 Å². The van der Waals surface area contributed by atoms with Crippen molar-refractivity contribution in [1.29, 1.82) is 0 Å². The van der Waals surface area contributed by atoms with Crippen LogP contribution in [-0.2, 0) is 13.0 Å². The number of hydrogen-bond donors (Lipinski definition) is 0. The first kappa shape index (κ1) is 14.5. The Morgan fingerprint density at radius 2 is 2.23 bits per heavy atom. The minimum absolute atomic E-state index is 0.153. The Bertz CT molecular complexity index is 741. The van der Waals surface area contributed by atoms with Gasteiger partial charge in [0.15, 0.2) is 5.75 Å². The van der Waals surface area contributed by atoms with Crippen LogP contribution in [0.4, 0.5) is 5.69 Å². The minimum Gasteiger partial charge on any atom is -0.490 e. The predicted molar refractivity (Wildman–Crippen MR) is 82.4 cm³/mol. The maximum absolute atomic E-state index is 12.6. The second-order valence-corrected chi connectivity index (χ2v) is 5.99. The van der Waals surface area contributed by atoms with E-state index in [0.717, 1.165) is 12.0 Å². The molecule has 6 nitrogen and oxygen atoms in total. The van der Waals surface area contributed by atoms with Gasteiger partial charge in [-0.3, -0.25) is 14.9 Å². The van der Waals surface area contributed by atoms with Crippen LogP contribution in [0.25, 0.3) is 0 Å². The zero-order chi connectivity index (χ0) is 15.7. The van der Waals surface area contributed by atoms with E-state index >= 15 is 0 Å². The molecule has 1 amide bonds. The molecular formula is C15H14N2O4S. The molecule has 0 atom stereocenters. The highest BCUT2D eigenvalue weighted by Crippen LogP contribution is 2.29. The third kappa shape index (κ3) is 2.55. The summed E-state index contributed by atoms with van der Waals surface area (Å²) in [5.41, 5.74) is 1.28. The van der Waals surface area contributed by atoms with E-state index in [4.69, 9.17) is 4.74 Å². The van der Waals surface area contributed by atoms with Gasteiger partial charge in [0.2, 0.25) is 0 Å². The molecule has 1 aromatic heterocycles. The van der Waals surface area contributed by atoms with Crippen LogP contribution < -0.4 is 4.74 Å². The highest BCUT2D eigenvalue weighted by Gasteiger charge is 2.25. The molecule has 0 unspecified atom stereocenters. The van der Waals surface area contributed by atoms with Crippen LogP contribution in [0.5, 0.6) is 5.75 Å². The fourth-order valence-electron chi connectivity index (χ4n) is 2.57. The van der Waals surface area contributed by atoms with E-state index < -0.39 is 4.92 Å². The number of amides is 1. The Labute approximate surface area is 131 Å². The van der Waals surface area contributed by atoms with E-state index in [-0.39, 0.29) is 17.3 Å². The fourth-order valence-corrected chi connectivity index (χ4v) is 3.46. The molecule has 7 heteroatoms. The van der Waals surface area contributed by atoms with Gasteiger partial charge in [0, 0.05) is 29.6 Å². The van der Waals surface area contributed by atoms with Crippen LogP contribution in [0, 0.1) is 10.1 Å². The van der Waals surface area contributed by atoms with E-state index in [9.17, 15) is 14.9 Å². The first-order chi connectivity index (χ1) is 10.6. The predicted octanol–water partition coefficient (Wildman–Crippen LogP) is 2.86. The number of nitro benzene ring substituents is 1. The lowest BCUT2D eigenvalue weighted by atomic mass is 10.1. The van der Waals surface area contributed by atoms with Gasteiger partial charge in [0.25, 0.3) is 5.91 Å². The van der Waals surface area contributed by atoms with Gasteiger partial charge in [0.1, 0.15) is 0 Å². The molecule has 0 fully saturated rings. The molecule has 0 saturated heterocycles. The standard InChI is InChI=1S/C15H14N2O4S/c1-21-13-3-2-10(8-12(13)17(19)20)15(18)16-6-4-14-11(9-16)5-7-22-14/h2-3,5,7-8H,4,6,9H2,1H3. The molecule has 2 heterocycles. The summed E-state index contributed by atoms with van der Waals surface area (Å²) in [6.45, 7) is 1.18. The number of nitro groups is 1. The van der Waals surface area contributed by atoms with Crippen LogP contribution in [0.1, 0.15) is 20.8 Å². The van der Waals surface area contributed by atoms with Crippen molar-refractivity contribution in [3.63, 3.8) is 0 Å². The average molecular weight is 318 g/mol. The lowest BCUT2D eigenvalue weighted by Crippen LogP contribution is -2.35. The van der Waals surface area contributed by atoms with Gasteiger partial charge in [-0.05, 0) is 35.6 Å². The second-order valence-electron chi connectivity index (χ2n) is 4.99. The topological polar surface area (TPSA) is 72.7 Å². The summed E-state index contributed by atoms with van der Waals surface area (Å²) in [5, 5.41) is 13.1. The summed E-state index contributed by atoms with van der Waals surface area (Å²) in [7, 11) is 1.37. The zero-order valence-corrected chi connectivity index (χ0v) is 12.8. The molecule has 0 aliphatic carbocycles. The summed E-state index contributed by atoms with van der Waals surface area (Å²) < 4.78 is 4.96. The first-order valence-electron chi connectivity index (χ1n) is 6.77. The lowest BCUT2D eigenvalue weighted by molar-refractivity contribution is -0.385. The highest BCUT2D eigenvalue weighted by atomic mass is 32.1. The molecule has 2 aromatic rings. The Balaban J connectivity index is 1.87. The van der Waals surface area contributed by atoms with E-state index in [0.29, 0.717) is 18.7 Å². The van der Waals surface area contributed by atoms with Crippen molar-refractivity contribution in [2.45, 2.75) is 13.0 Å². The Morgan fingerprint density at radius 1 is 1.41 bits per heavy atom. The Hall–Kier alpha value is -2.41. The summed E-state index contributed by atoms with van der Waals surface area (Å²) >= 11 is 1.70. The van der Waals surface area contributed by atoms with E-state index in [1.807, 2.05) is 11.4 Å². The highest BCUT2D eigenvalue weighted by molar-refractivity contribution is 7.10. The van der Waals surface area contributed by atoms with Crippen molar-refractivity contribution < 1.29 is 14.5 Å². The molecule has 1 aromatic carbocycles. The fraction of sp³-hybridized carbons (Fsp3) is 0.267. The smallest absolute Gasteiger partial charge is 0.311 e. The second kappa shape index (κ2) is 5.76. The number of hydrogen-bond acceptors (Lipinski definition) is 5. The van der Waals surface area contributed by atoms with Crippen molar-refractivity contribution >= 4 is 22.9 Å². The minimum atomic E-state index is -0.539. The van der Waals surface area contributed by atoms with Gasteiger partial charge in [-0.15, -0.1) is 11.3 Å².